The smallest absolute Gasteiger partial charge is 0.0836 e. The molecule has 136 valence electrons. The van der Waals surface area contributed by atoms with Crippen molar-refractivity contribution in [1.82, 2.24) is 0 Å². The minimum atomic E-state index is 0. The van der Waals surface area contributed by atoms with E-state index in [1.807, 2.05) is 0 Å². The maximum atomic E-state index is 2.40. The highest BCUT2D eigenvalue weighted by Crippen LogP contribution is 2.35. The van der Waals surface area contributed by atoms with E-state index in [0.29, 0.717) is 21.7 Å². The van der Waals surface area contributed by atoms with E-state index in [-0.39, 0.29) is 5.48 Å². The Balaban J connectivity index is 0. The molecule has 22 heavy (non-hydrogen) atoms. The molecular weight excluding hydrogens is 270 g/mol. The summed E-state index contributed by atoms with van der Waals surface area (Å²) >= 11 is 0. The average molecular weight is 316 g/mol. The molecule has 0 aliphatic heterocycles. The molecule has 0 radical (unpaired) electrons. The molecule has 0 aromatic carbocycles. The summed E-state index contributed by atoms with van der Waals surface area (Å²) in [6.07, 6.45) is 0. The van der Waals surface area contributed by atoms with Crippen LogP contribution in [-0.4, -0.2) is 36.1 Å². The van der Waals surface area contributed by atoms with Crippen LogP contribution in [0, 0.1) is 21.7 Å². The minimum Gasteiger partial charge on any atom is -0.870 e. The Morgan fingerprint density at radius 1 is 0.409 bits per heavy atom. The molecule has 0 bridgehead atoms. The Hall–Kier alpha value is -0.0800. The third kappa shape index (κ3) is 12.5. The zero-order valence-corrected chi connectivity index (χ0v) is 17.7. The van der Waals surface area contributed by atoms with E-state index in [0.717, 1.165) is 0 Å². The largest absolute Gasteiger partial charge is 0.870 e. The molecule has 0 spiro atoms. The highest BCUT2D eigenvalue weighted by Gasteiger charge is 2.42. The van der Waals surface area contributed by atoms with Gasteiger partial charge in [-0.15, -0.1) is 0 Å². The van der Waals surface area contributed by atoms with Crippen molar-refractivity contribution in [3.63, 3.8) is 0 Å². The predicted octanol–water partition coefficient (Wildman–Crippen LogP) is 5.81. The van der Waals surface area contributed by atoms with Gasteiger partial charge in [-0.1, -0.05) is 83.1 Å². The van der Waals surface area contributed by atoms with E-state index < -0.39 is 0 Å². The first kappa shape index (κ1) is 24.2. The van der Waals surface area contributed by atoms with Gasteiger partial charge in [0.2, 0.25) is 0 Å². The van der Waals surface area contributed by atoms with Crippen molar-refractivity contribution in [2.75, 3.05) is 26.2 Å². The van der Waals surface area contributed by atoms with Crippen LogP contribution in [0.2, 0.25) is 0 Å². The van der Waals surface area contributed by atoms with E-state index in [4.69, 9.17) is 0 Å². The average Bonchev–Trinajstić information content (AvgIpc) is 1.83. The molecule has 0 saturated carbocycles. The van der Waals surface area contributed by atoms with Gasteiger partial charge in [0.15, 0.2) is 0 Å². The Labute approximate surface area is 141 Å². The summed E-state index contributed by atoms with van der Waals surface area (Å²) < 4.78 is 1.24. The van der Waals surface area contributed by atoms with Crippen LogP contribution < -0.4 is 0 Å². The van der Waals surface area contributed by atoms with Crippen molar-refractivity contribution in [1.29, 1.82) is 0 Å². The van der Waals surface area contributed by atoms with Gasteiger partial charge in [0.05, 0.1) is 26.2 Å². The second kappa shape index (κ2) is 7.21. The molecule has 0 aliphatic rings. The van der Waals surface area contributed by atoms with E-state index in [2.05, 4.69) is 83.1 Å². The molecule has 1 N–H and O–H groups in total. The summed E-state index contributed by atoms with van der Waals surface area (Å²) in [5.74, 6) is 0. The second-order valence-electron chi connectivity index (χ2n) is 12.2. The van der Waals surface area contributed by atoms with Gasteiger partial charge in [0.25, 0.3) is 0 Å². The van der Waals surface area contributed by atoms with Crippen LogP contribution in [-0.2, 0) is 0 Å². The van der Waals surface area contributed by atoms with Crippen LogP contribution in [0.3, 0.4) is 0 Å². The molecule has 0 unspecified atom stereocenters. The first-order valence-corrected chi connectivity index (χ1v) is 8.68. The van der Waals surface area contributed by atoms with Gasteiger partial charge in [-0.05, 0) is 0 Å². The number of rotatable bonds is 4. The number of quaternary nitrogens is 1. The first-order chi connectivity index (χ1) is 8.83. The molecule has 0 aliphatic carbocycles. The zero-order chi connectivity index (χ0) is 17.3. The lowest BCUT2D eigenvalue weighted by Gasteiger charge is -2.51. The normalized spacial score (nSPS) is 14.7. The fraction of sp³-hybridized carbons (Fsp3) is 1.00. The number of nitrogens with zero attached hydrogens (tertiary/aromatic N) is 1. The van der Waals surface area contributed by atoms with Gasteiger partial charge >= 0.3 is 0 Å². The molecule has 0 aromatic heterocycles. The van der Waals surface area contributed by atoms with Gasteiger partial charge in [-0.2, -0.15) is 0 Å². The van der Waals surface area contributed by atoms with Gasteiger partial charge in [0.1, 0.15) is 0 Å². The Kier molecular flexibility index (Phi) is 7.93. The standard InChI is InChI=1S/C20H44N.H2O/c1-17(2,3)13-21(14-18(4,5)6,15-19(7,8)9)16-20(10,11)12;/h13-16H2,1-12H3;1H2/q+1;/p-1. The van der Waals surface area contributed by atoms with E-state index >= 15 is 0 Å². The van der Waals surface area contributed by atoms with Crippen molar-refractivity contribution < 1.29 is 9.96 Å². The van der Waals surface area contributed by atoms with Crippen LogP contribution >= 0.6 is 0 Å². The van der Waals surface area contributed by atoms with Crippen molar-refractivity contribution in [3.05, 3.63) is 0 Å². The fourth-order valence-corrected chi connectivity index (χ4v) is 4.36. The van der Waals surface area contributed by atoms with Crippen molar-refractivity contribution in [2.24, 2.45) is 21.7 Å². The van der Waals surface area contributed by atoms with Crippen LogP contribution in [0.5, 0.6) is 0 Å². The predicted molar refractivity (Wildman–Crippen MR) is 99.5 cm³/mol. The number of hydrogen-bond donors (Lipinski definition) is 0. The fourth-order valence-electron chi connectivity index (χ4n) is 4.36. The SMILES string of the molecule is CC(C)(C)C[N+](CC(C)(C)C)(CC(C)(C)C)CC(C)(C)C.[OH-]. The third-order valence-corrected chi connectivity index (χ3v) is 3.24. The van der Waals surface area contributed by atoms with Crippen molar-refractivity contribution >= 4 is 0 Å². The van der Waals surface area contributed by atoms with Gasteiger partial charge in [0, 0.05) is 21.7 Å². The summed E-state index contributed by atoms with van der Waals surface area (Å²) in [6, 6.07) is 0. The maximum Gasteiger partial charge on any atom is 0.0836 e. The molecule has 2 nitrogen and oxygen atoms in total. The van der Waals surface area contributed by atoms with Gasteiger partial charge < -0.3 is 9.96 Å². The number of hydrogen-bond acceptors (Lipinski definition) is 1. The monoisotopic (exact) mass is 315 g/mol. The summed E-state index contributed by atoms with van der Waals surface area (Å²) in [5, 5.41) is 0. The van der Waals surface area contributed by atoms with Crippen LogP contribution in [0.25, 0.3) is 0 Å². The summed E-state index contributed by atoms with van der Waals surface area (Å²) in [6.45, 7) is 33.8. The highest BCUT2D eigenvalue weighted by atomic mass is 16.0. The molecule has 0 saturated heterocycles. The molecule has 2 heteroatoms. The minimum absolute atomic E-state index is 0. The molecular formula is C20H45NO. The summed E-state index contributed by atoms with van der Waals surface area (Å²) in [4.78, 5) is 0. The van der Waals surface area contributed by atoms with Crippen molar-refractivity contribution in [3.8, 4) is 0 Å². The topological polar surface area (TPSA) is 30.0 Å². The molecule has 0 heterocycles. The van der Waals surface area contributed by atoms with E-state index in [9.17, 15) is 0 Å². The van der Waals surface area contributed by atoms with Crippen molar-refractivity contribution in [2.45, 2.75) is 83.1 Å². The summed E-state index contributed by atoms with van der Waals surface area (Å²) in [5.41, 5.74) is 1.45. The summed E-state index contributed by atoms with van der Waals surface area (Å²) in [7, 11) is 0. The Morgan fingerprint density at radius 3 is 0.636 bits per heavy atom. The lowest BCUT2D eigenvalue weighted by atomic mass is 9.83. The molecule has 0 rings (SSSR count). The zero-order valence-electron chi connectivity index (χ0n) is 17.7. The third-order valence-electron chi connectivity index (χ3n) is 3.24. The molecule has 0 aromatic rings. The second-order valence-corrected chi connectivity index (χ2v) is 12.2. The van der Waals surface area contributed by atoms with Crippen LogP contribution in [0.1, 0.15) is 83.1 Å². The maximum absolute atomic E-state index is 2.40. The Bertz CT molecular complexity index is 248. The molecule has 0 amide bonds. The highest BCUT2D eigenvalue weighted by molar-refractivity contribution is 4.74. The van der Waals surface area contributed by atoms with E-state index in [1.54, 1.807) is 0 Å². The molecule has 0 fully saturated rings. The van der Waals surface area contributed by atoms with E-state index in [1.165, 1.54) is 30.7 Å². The lowest BCUT2D eigenvalue weighted by molar-refractivity contribution is -0.949. The molecule has 0 atom stereocenters. The van der Waals surface area contributed by atoms with Gasteiger partial charge in [-0.3, -0.25) is 0 Å². The Morgan fingerprint density at radius 2 is 0.545 bits per heavy atom. The first-order valence-electron chi connectivity index (χ1n) is 8.68. The van der Waals surface area contributed by atoms with Crippen LogP contribution in [0.15, 0.2) is 0 Å². The quantitative estimate of drug-likeness (QED) is 0.602. The van der Waals surface area contributed by atoms with Crippen LogP contribution in [0.4, 0.5) is 0 Å². The lowest BCUT2D eigenvalue weighted by Crippen LogP contribution is -2.61. The van der Waals surface area contributed by atoms with Gasteiger partial charge in [-0.25, -0.2) is 0 Å².